The van der Waals surface area contributed by atoms with E-state index < -0.39 is 5.97 Å². The number of carbonyl (C=O) groups is 2. The minimum absolute atomic E-state index is 0.116. The number of carboxylic acid groups (broad SMARTS) is 1. The lowest BCUT2D eigenvalue weighted by atomic mass is 9.94. The van der Waals surface area contributed by atoms with Crippen LogP contribution in [0.5, 0.6) is 0 Å². The smallest absolute Gasteiger partial charge is 0.321 e. The van der Waals surface area contributed by atoms with E-state index in [4.69, 9.17) is 5.11 Å². The molecular weight excluding hydrogens is 336 g/mol. The lowest BCUT2D eigenvalue weighted by Crippen LogP contribution is -2.41. The van der Waals surface area contributed by atoms with E-state index in [1.165, 1.54) is 0 Å². The number of rotatable bonds is 3. The third kappa shape index (κ3) is 4.46. The fourth-order valence-corrected chi connectivity index (χ4v) is 3.02. The summed E-state index contributed by atoms with van der Waals surface area (Å²) in [5.74, 6) is -0.579. The summed E-state index contributed by atoms with van der Waals surface area (Å²) < 4.78 is 0.979. The van der Waals surface area contributed by atoms with Crippen molar-refractivity contribution in [2.24, 2.45) is 5.92 Å². The van der Waals surface area contributed by atoms with Crippen LogP contribution in [0.2, 0.25) is 0 Å². The van der Waals surface area contributed by atoms with Gasteiger partial charge >= 0.3 is 12.0 Å². The second-order valence-electron chi connectivity index (χ2n) is 5.42. The molecule has 1 aromatic carbocycles. The standard InChI is InChI=1S/C15H19BrN2O3/c1-10-8-12(16)2-3-13(10)17-15(21)18-6-4-11(5-7-18)9-14(19)20/h2-3,8,11H,4-7,9H2,1H3,(H,17,21)(H,19,20). The Bertz CT molecular complexity index is 540. The van der Waals surface area contributed by atoms with E-state index >= 15 is 0 Å². The van der Waals surface area contributed by atoms with E-state index in [2.05, 4.69) is 21.2 Å². The number of nitrogens with zero attached hydrogens (tertiary/aromatic N) is 1. The second kappa shape index (κ2) is 6.93. The highest BCUT2D eigenvalue weighted by atomic mass is 79.9. The Morgan fingerprint density at radius 2 is 2.05 bits per heavy atom. The van der Waals surface area contributed by atoms with Gasteiger partial charge in [0.25, 0.3) is 0 Å². The SMILES string of the molecule is Cc1cc(Br)ccc1NC(=O)N1CCC(CC(=O)O)CC1. The van der Waals surface area contributed by atoms with Crippen molar-refractivity contribution in [3.05, 3.63) is 28.2 Å². The third-order valence-electron chi connectivity index (χ3n) is 3.80. The number of amides is 2. The van der Waals surface area contributed by atoms with Gasteiger partial charge < -0.3 is 15.3 Å². The van der Waals surface area contributed by atoms with Crippen molar-refractivity contribution >= 4 is 33.6 Å². The molecular formula is C15H19BrN2O3. The fraction of sp³-hybridized carbons (Fsp3) is 0.467. The first-order valence-corrected chi connectivity index (χ1v) is 7.79. The van der Waals surface area contributed by atoms with Gasteiger partial charge in [-0.2, -0.15) is 0 Å². The van der Waals surface area contributed by atoms with Crippen LogP contribution in [-0.4, -0.2) is 35.1 Å². The number of piperidine rings is 1. The zero-order valence-corrected chi connectivity index (χ0v) is 13.5. The van der Waals surface area contributed by atoms with E-state index in [1.54, 1.807) is 4.90 Å². The van der Waals surface area contributed by atoms with Crippen molar-refractivity contribution in [2.75, 3.05) is 18.4 Å². The quantitative estimate of drug-likeness (QED) is 0.872. The number of urea groups is 1. The molecule has 0 bridgehead atoms. The summed E-state index contributed by atoms with van der Waals surface area (Å²) in [7, 11) is 0. The molecule has 2 amide bonds. The lowest BCUT2D eigenvalue weighted by Gasteiger charge is -2.31. The number of benzene rings is 1. The van der Waals surface area contributed by atoms with Gasteiger partial charge in [-0.1, -0.05) is 15.9 Å². The molecule has 2 N–H and O–H groups in total. The molecule has 1 aromatic rings. The number of halogens is 1. The lowest BCUT2D eigenvalue weighted by molar-refractivity contribution is -0.138. The van der Waals surface area contributed by atoms with Crippen molar-refractivity contribution in [3.8, 4) is 0 Å². The normalized spacial score (nSPS) is 15.8. The van der Waals surface area contributed by atoms with E-state index in [0.29, 0.717) is 13.1 Å². The zero-order valence-electron chi connectivity index (χ0n) is 11.9. The van der Waals surface area contributed by atoms with Crippen molar-refractivity contribution in [1.29, 1.82) is 0 Å². The second-order valence-corrected chi connectivity index (χ2v) is 6.33. The predicted molar refractivity (Wildman–Crippen MR) is 84.4 cm³/mol. The largest absolute Gasteiger partial charge is 0.481 e. The summed E-state index contributed by atoms with van der Waals surface area (Å²) >= 11 is 3.39. The zero-order chi connectivity index (χ0) is 15.4. The Morgan fingerprint density at radius 3 is 2.62 bits per heavy atom. The van der Waals surface area contributed by atoms with Gasteiger partial charge in [0, 0.05) is 29.7 Å². The fourth-order valence-electron chi connectivity index (χ4n) is 2.55. The van der Waals surface area contributed by atoms with Gasteiger partial charge in [0.2, 0.25) is 0 Å². The summed E-state index contributed by atoms with van der Waals surface area (Å²) in [6, 6.07) is 5.60. The number of likely N-dealkylation sites (tertiary alicyclic amines) is 1. The van der Waals surface area contributed by atoms with Crippen molar-refractivity contribution < 1.29 is 14.7 Å². The van der Waals surface area contributed by atoms with Crippen molar-refractivity contribution in [3.63, 3.8) is 0 Å². The molecule has 5 nitrogen and oxygen atoms in total. The molecule has 0 unspecified atom stereocenters. The molecule has 1 aliphatic heterocycles. The summed E-state index contributed by atoms with van der Waals surface area (Å²) in [6.07, 6.45) is 1.69. The van der Waals surface area contributed by atoms with Crippen LogP contribution in [0.4, 0.5) is 10.5 Å². The number of hydrogen-bond acceptors (Lipinski definition) is 2. The highest BCUT2D eigenvalue weighted by Crippen LogP contribution is 2.23. The van der Waals surface area contributed by atoms with E-state index in [0.717, 1.165) is 28.6 Å². The van der Waals surface area contributed by atoms with Gasteiger partial charge in [0.1, 0.15) is 0 Å². The van der Waals surface area contributed by atoms with Gasteiger partial charge in [-0.05, 0) is 49.4 Å². The Kier molecular flexibility index (Phi) is 5.22. The van der Waals surface area contributed by atoms with Crippen LogP contribution in [0.25, 0.3) is 0 Å². The van der Waals surface area contributed by atoms with E-state index in [-0.39, 0.29) is 18.4 Å². The highest BCUT2D eigenvalue weighted by Gasteiger charge is 2.24. The minimum Gasteiger partial charge on any atom is -0.481 e. The van der Waals surface area contributed by atoms with Crippen LogP contribution in [0.3, 0.4) is 0 Å². The number of aryl methyl sites for hydroxylation is 1. The predicted octanol–water partition coefficient (Wildman–Crippen LogP) is 3.48. The molecule has 1 saturated heterocycles. The molecule has 0 spiro atoms. The molecule has 114 valence electrons. The van der Waals surface area contributed by atoms with Crippen molar-refractivity contribution in [1.82, 2.24) is 4.90 Å². The Hall–Kier alpha value is -1.56. The molecule has 0 atom stereocenters. The molecule has 1 heterocycles. The molecule has 1 aliphatic rings. The topological polar surface area (TPSA) is 69.6 Å². The van der Waals surface area contributed by atoms with Crippen LogP contribution >= 0.6 is 15.9 Å². The number of anilines is 1. The van der Waals surface area contributed by atoms with Gasteiger partial charge in [0.15, 0.2) is 0 Å². The molecule has 1 fully saturated rings. The van der Waals surface area contributed by atoms with E-state index in [9.17, 15) is 9.59 Å². The molecule has 0 saturated carbocycles. The van der Waals surface area contributed by atoms with Gasteiger partial charge in [-0.25, -0.2) is 4.79 Å². The van der Waals surface area contributed by atoms with Crippen molar-refractivity contribution in [2.45, 2.75) is 26.2 Å². The average molecular weight is 355 g/mol. The average Bonchev–Trinajstić information content (AvgIpc) is 2.42. The molecule has 21 heavy (non-hydrogen) atoms. The first-order chi connectivity index (χ1) is 9.95. The third-order valence-corrected chi connectivity index (χ3v) is 4.29. The van der Waals surface area contributed by atoms with Gasteiger partial charge in [-0.15, -0.1) is 0 Å². The first kappa shape index (κ1) is 15.8. The molecule has 2 rings (SSSR count). The van der Waals surface area contributed by atoms with E-state index in [1.807, 2.05) is 25.1 Å². The number of carbonyl (C=O) groups excluding carboxylic acids is 1. The summed E-state index contributed by atoms with van der Waals surface area (Å²) in [6.45, 7) is 3.16. The number of nitrogens with one attached hydrogen (secondary N) is 1. The molecule has 0 aromatic heterocycles. The van der Waals surface area contributed by atoms with Crippen LogP contribution in [0.1, 0.15) is 24.8 Å². The van der Waals surface area contributed by atoms with Crippen LogP contribution < -0.4 is 5.32 Å². The number of aliphatic carboxylic acids is 1. The molecule has 0 aliphatic carbocycles. The number of carboxylic acids is 1. The van der Waals surface area contributed by atoms with Gasteiger partial charge in [0.05, 0.1) is 0 Å². The maximum Gasteiger partial charge on any atom is 0.321 e. The van der Waals surface area contributed by atoms with Gasteiger partial charge in [-0.3, -0.25) is 4.79 Å². The molecule has 0 radical (unpaired) electrons. The van der Waals surface area contributed by atoms with Crippen LogP contribution in [-0.2, 0) is 4.79 Å². The summed E-state index contributed by atoms with van der Waals surface area (Å²) in [5, 5.41) is 11.7. The maximum atomic E-state index is 12.2. The van der Waals surface area contributed by atoms with Crippen LogP contribution in [0.15, 0.2) is 22.7 Å². The van der Waals surface area contributed by atoms with Crippen LogP contribution in [0, 0.1) is 12.8 Å². The first-order valence-electron chi connectivity index (χ1n) is 6.99. The Labute approximate surface area is 132 Å². The molecule has 6 heteroatoms. The number of hydrogen-bond donors (Lipinski definition) is 2. The Balaban J connectivity index is 1.89. The minimum atomic E-state index is -0.761. The Morgan fingerprint density at radius 1 is 1.38 bits per heavy atom. The monoisotopic (exact) mass is 354 g/mol. The maximum absolute atomic E-state index is 12.2. The summed E-state index contributed by atoms with van der Waals surface area (Å²) in [4.78, 5) is 24.7. The highest BCUT2D eigenvalue weighted by molar-refractivity contribution is 9.10. The summed E-state index contributed by atoms with van der Waals surface area (Å²) in [5.41, 5.74) is 1.80.